The fourth-order valence-electron chi connectivity index (χ4n) is 2.37. The lowest BCUT2D eigenvalue weighted by Gasteiger charge is -2.35. The Morgan fingerprint density at radius 1 is 1.10 bits per heavy atom. The first kappa shape index (κ1) is 16.9. The molecule has 1 rings (SSSR count). The Bertz CT molecular complexity index is 497. The number of ketones is 1. The Morgan fingerprint density at radius 3 is 2.10 bits per heavy atom. The molecule has 1 aromatic rings. The van der Waals surface area contributed by atoms with E-state index in [2.05, 4.69) is 52.5 Å². The van der Waals surface area contributed by atoms with E-state index in [4.69, 9.17) is 0 Å². The molecule has 0 saturated heterocycles. The Kier molecular flexibility index (Phi) is 5.15. The zero-order valence-electron chi connectivity index (χ0n) is 14.3. The second kappa shape index (κ2) is 6.09. The number of Topliss-reactive ketones (excluding diaryl/α,β-unsaturated/α-hetero) is 1. The van der Waals surface area contributed by atoms with Gasteiger partial charge in [-0.3, -0.25) is 9.69 Å². The minimum Gasteiger partial charge on any atom is -0.296 e. The van der Waals surface area contributed by atoms with Crippen LogP contribution in [0.1, 0.15) is 54.7 Å². The fourth-order valence-corrected chi connectivity index (χ4v) is 2.37. The molecule has 1 aromatic carbocycles. The molecule has 0 bridgehead atoms. The van der Waals surface area contributed by atoms with Gasteiger partial charge in [-0.25, -0.2) is 0 Å². The highest BCUT2D eigenvalue weighted by atomic mass is 16.1. The maximum Gasteiger partial charge on any atom is 0.177 e. The molecule has 2 nitrogen and oxygen atoms in total. The zero-order chi connectivity index (χ0) is 15.7. The highest BCUT2D eigenvalue weighted by molar-refractivity contribution is 5.99. The van der Waals surface area contributed by atoms with Gasteiger partial charge in [0.05, 0.1) is 6.54 Å². The standard InChI is InChI=1S/C18H29NO/c1-12-9-14(3)16(10-13(12)2)17(20)11-19(8)15(4)18(5,6)7/h9-10,15H,11H2,1-8H3. The number of aryl methyl sites for hydroxylation is 3. The van der Waals surface area contributed by atoms with Crippen LogP contribution < -0.4 is 0 Å². The van der Waals surface area contributed by atoms with Gasteiger partial charge in [-0.1, -0.05) is 26.8 Å². The third-order valence-electron chi connectivity index (χ3n) is 4.45. The predicted molar refractivity (Wildman–Crippen MR) is 86.5 cm³/mol. The molecule has 0 radical (unpaired) electrons. The summed E-state index contributed by atoms with van der Waals surface area (Å²) >= 11 is 0. The zero-order valence-corrected chi connectivity index (χ0v) is 14.3. The van der Waals surface area contributed by atoms with Gasteiger partial charge in [0, 0.05) is 11.6 Å². The predicted octanol–water partition coefficient (Wildman–Crippen LogP) is 4.16. The van der Waals surface area contributed by atoms with E-state index in [0.29, 0.717) is 12.6 Å². The minimum absolute atomic E-state index is 0.174. The molecule has 1 unspecified atom stereocenters. The van der Waals surface area contributed by atoms with Crippen LogP contribution in [0.4, 0.5) is 0 Å². The van der Waals surface area contributed by atoms with Crippen LogP contribution in [0.2, 0.25) is 0 Å². The van der Waals surface area contributed by atoms with Crippen molar-refractivity contribution < 1.29 is 4.79 Å². The van der Waals surface area contributed by atoms with Crippen molar-refractivity contribution in [3.05, 3.63) is 34.4 Å². The Balaban J connectivity index is 2.90. The van der Waals surface area contributed by atoms with Crippen LogP contribution >= 0.6 is 0 Å². The van der Waals surface area contributed by atoms with Crippen LogP contribution in [0.15, 0.2) is 12.1 Å². The second-order valence-corrected chi connectivity index (χ2v) is 7.13. The molecular formula is C18H29NO. The molecule has 0 aliphatic rings. The van der Waals surface area contributed by atoms with Crippen LogP contribution in [-0.2, 0) is 0 Å². The monoisotopic (exact) mass is 275 g/mol. The van der Waals surface area contributed by atoms with E-state index in [9.17, 15) is 4.79 Å². The van der Waals surface area contributed by atoms with Gasteiger partial charge in [0.25, 0.3) is 0 Å². The third-order valence-corrected chi connectivity index (χ3v) is 4.45. The summed E-state index contributed by atoms with van der Waals surface area (Å²) in [5, 5.41) is 0. The van der Waals surface area contributed by atoms with E-state index in [-0.39, 0.29) is 11.2 Å². The van der Waals surface area contributed by atoms with Crippen molar-refractivity contribution in [2.75, 3.05) is 13.6 Å². The van der Waals surface area contributed by atoms with Crippen LogP contribution in [0.25, 0.3) is 0 Å². The van der Waals surface area contributed by atoms with E-state index >= 15 is 0 Å². The summed E-state index contributed by atoms with van der Waals surface area (Å²) in [5.74, 6) is 0.212. The van der Waals surface area contributed by atoms with Gasteiger partial charge in [-0.05, 0) is 62.9 Å². The normalized spacial score (nSPS) is 13.7. The molecule has 0 aromatic heterocycles. The topological polar surface area (TPSA) is 20.3 Å². The van der Waals surface area contributed by atoms with Crippen molar-refractivity contribution in [1.82, 2.24) is 4.90 Å². The molecule has 20 heavy (non-hydrogen) atoms. The number of carbonyl (C=O) groups is 1. The van der Waals surface area contributed by atoms with Crippen LogP contribution in [0, 0.1) is 26.2 Å². The number of carbonyl (C=O) groups excluding carboxylic acids is 1. The molecule has 2 heteroatoms. The maximum absolute atomic E-state index is 12.5. The van der Waals surface area contributed by atoms with E-state index in [1.54, 1.807) is 0 Å². The lowest BCUT2D eigenvalue weighted by atomic mass is 9.87. The summed E-state index contributed by atoms with van der Waals surface area (Å²) < 4.78 is 0. The molecule has 0 fully saturated rings. The summed E-state index contributed by atoms with van der Waals surface area (Å²) in [7, 11) is 2.03. The molecule has 0 N–H and O–H groups in total. The van der Waals surface area contributed by atoms with Crippen LogP contribution in [-0.4, -0.2) is 30.3 Å². The lowest BCUT2D eigenvalue weighted by Crippen LogP contribution is -2.42. The first-order valence-corrected chi connectivity index (χ1v) is 7.35. The fraction of sp³-hybridized carbons (Fsp3) is 0.611. The van der Waals surface area contributed by atoms with Crippen molar-refractivity contribution >= 4 is 5.78 Å². The molecule has 0 aliphatic carbocycles. The summed E-state index contributed by atoms with van der Waals surface area (Å²) in [6.45, 7) is 15.5. The first-order chi connectivity index (χ1) is 9.04. The second-order valence-electron chi connectivity index (χ2n) is 7.13. The Morgan fingerprint density at radius 2 is 1.60 bits per heavy atom. The van der Waals surface area contributed by atoms with Crippen molar-refractivity contribution in [3.8, 4) is 0 Å². The number of rotatable bonds is 4. The number of nitrogens with zero attached hydrogens (tertiary/aromatic N) is 1. The molecule has 0 amide bonds. The quantitative estimate of drug-likeness (QED) is 0.769. The average Bonchev–Trinajstić information content (AvgIpc) is 2.31. The van der Waals surface area contributed by atoms with Gasteiger partial charge < -0.3 is 0 Å². The van der Waals surface area contributed by atoms with Gasteiger partial charge in [0.15, 0.2) is 5.78 Å². The summed E-state index contributed by atoms with van der Waals surface area (Å²) in [6, 6.07) is 4.50. The van der Waals surface area contributed by atoms with E-state index in [1.165, 1.54) is 11.1 Å². The highest BCUT2D eigenvalue weighted by Gasteiger charge is 2.25. The number of hydrogen-bond donors (Lipinski definition) is 0. The van der Waals surface area contributed by atoms with Crippen molar-refractivity contribution in [3.63, 3.8) is 0 Å². The number of hydrogen-bond acceptors (Lipinski definition) is 2. The minimum atomic E-state index is 0.174. The average molecular weight is 275 g/mol. The van der Waals surface area contributed by atoms with Crippen LogP contribution in [0.5, 0.6) is 0 Å². The van der Waals surface area contributed by atoms with Crippen molar-refractivity contribution in [1.29, 1.82) is 0 Å². The van der Waals surface area contributed by atoms with Crippen molar-refractivity contribution in [2.24, 2.45) is 5.41 Å². The van der Waals surface area contributed by atoms with E-state index in [1.807, 2.05) is 20.0 Å². The van der Waals surface area contributed by atoms with Gasteiger partial charge >= 0.3 is 0 Å². The smallest absolute Gasteiger partial charge is 0.177 e. The molecule has 0 aliphatic heterocycles. The largest absolute Gasteiger partial charge is 0.296 e. The molecular weight excluding hydrogens is 246 g/mol. The maximum atomic E-state index is 12.5. The van der Waals surface area contributed by atoms with Crippen LogP contribution in [0.3, 0.4) is 0 Å². The molecule has 0 saturated carbocycles. The highest BCUT2D eigenvalue weighted by Crippen LogP contribution is 2.23. The van der Waals surface area contributed by atoms with E-state index < -0.39 is 0 Å². The van der Waals surface area contributed by atoms with E-state index in [0.717, 1.165) is 11.1 Å². The summed E-state index contributed by atoms with van der Waals surface area (Å²) in [4.78, 5) is 14.7. The SMILES string of the molecule is Cc1cc(C)c(C(=O)CN(C)C(C)C(C)(C)C)cc1C. The number of likely N-dealkylation sites (N-methyl/N-ethyl adjacent to an activating group) is 1. The lowest BCUT2D eigenvalue weighted by molar-refractivity contribution is 0.0853. The summed E-state index contributed by atoms with van der Waals surface area (Å²) in [6.07, 6.45) is 0. The summed E-state index contributed by atoms with van der Waals surface area (Å²) in [5.41, 5.74) is 4.55. The van der Waals surface area contributed by atoms with Gasteiger partial charge in [0.1, 0.15) is 0 Å². The van der Waals surface area contributed by atoms with Crippen molar-refractivity contribution in [2.45, 2.75) is 54.5 Å². The Labute approximate surface area is 124 Å². The van der Waals surface area contributed by atoms with Gasteiger partial charge in [-0.2, -0.15) is 0 Å². The van der Waals surface area contributed by atoms with Gasteiger partial charge in [-0.15, -0.1) is 0 Å². The molecule has 112 valence electrons. The van der Waals surface area contributed by atoms with Gasteiger partial charge in [0.2, 0.25) is 0 Å². The molecule has 0 heterocycles. The molecule has 1 atom stereocenters. The third kappa shape index (κ3) is 3.92. The number of benzene rings is 1. The molecule has 0 spiro atoms. The first-order valence-electron chi connectivity index (χ1n) is 7.35. The Hall–Kier alpha value is -1.15.